The van der Waals surface area contributed by atoms with E-state index < -0.39 is 10.9 Å². The topological polar surface area (TPSA) is 87.9 Å². The number of rotatable bonds is 4. The summed E-state index contributed by atoms with van der Waals surface area (Å²) in [5, 5.41) is 11.2. The predicted molar refractivity (Wildman–Crippen MR) is 89.8 cm³/mol. The number of ether oxygens (including phenoxy) is 3. The molecule has 0 spiro atoms. The molecule has 2 aromatic rings. The fraction of sp³-hybridized carbons (Fsp3) is 0.167. The summed E-state index contributed by atoms with van der Waals surface area (Å²) in [5.74, 6) is 0.522. The summed E-state index contributed by atoms with van der Waals surface area (Å²) in [4.78, 5) is 22.7. The molecule has 0 bridgehead atoms. The number of carbonyl (C=O) groups excluding carboxylic acids is 1. The Morgan fingerprint density at radius 2 is 1.92 bits per heavy atom. The highest BCUT2D eigenvalue weighted by molar-refractivity contribution is 5.90. The van der Waals surface area contributed by atoms with Crippen molar-refractivity contribution in [2.75, 3.05) is 6.79 Å². The van der Waals surface area contributed by atoms with Gasteiger partial charge in [-0.15, -0.1) is 0 Å². The average molecular weight is 341 g/mol. The molecule has 0 unspecified atom stereocenters. The van der Waals surface area contributed by atoms with Gasteiger partial charge in [0.25, 0.3) is 5.69 Å². The molecule has 0 radical (unpaired) electrons. The number of hydrogen-bond donors (Lipinski definition) is 0. The SMILES string of the molecule is Cc1ccc(OC(=O)/C=C/c2cc3c(cc2[N+](=O)[O-])OCO3)c(C)c1. The van der Waals surface area contributed by atoms with Gasteiger partial charge in [-0.3, -0.25) is 10.1 Å². The third-order valence-electron chi connectivity index (χ3n) is 3.66. The Hall–Kier alpha value is -3.35. The van der Waals surface area contributed by atoms with Crippen LogP contribution in [-0.4, -0.2) is 17.7 Å². The van der Waals surface area contributed by atoms with Crippen LogP contribution in [-0.2, 0) is 4.79 Å². The molecular weight excluding hydrogens is 326 g/mol. The van der Waals surface area contributed by atoms with E-state index in [1.54, 1.807) is 6.07 Å². The molecule has 0 saturated heterocycles. The minimum absolute atomic E-state index is 0.00833. The van der Waals surface area contributed by atoms with Gasteiger partial charge in [0.2, 0.25) is 6.79 Å². The van der Waals surface area contributed by atoms with Crippen molar-refractivity contribution in [3.63, 3.8) is 0 Å². The Morgan fingerprint density at radius 3 is 2.60 bits per heavy atom. The number of fused-ring (bicyclic) bond motifs is 1. The monoisotopic (exact) mass is 341 g/mol. The van der Waals surface area contributed by atoms with Gasteiger partial charge in [-0.25, -0.2) is 4.79 Å². The lowest BCUT2D eigenvalue weighted by Gasteiger charge is -2.06. The third kappa shape index (κ3) is 3.60. The van der Waals surface area contributed by atoms with E-state index in [0.717, 1.165) is 17.2 Å². The Labute approximate surface area is 143 Å². The Morgan fingerprint density at radius 1 is 1.20 bits per heavy atom. The van der Waals surface area contributed by atoms with Crippen molar-refractivity contribution in [3.05, 3.63) is 63.2 Å². The van der Waals surface area contributed by atoms with Crippen LogP contribution in [0.15, 0.2) is 36.4 Å². The Bertz CT molecular complexity index is 887. The first kappa shape index (κ1) is 16.5. The molecule has 7 nitrogen and oxygen atoms in total. The number of nitro benzene ring substituents is 1. The third-order valence-corrected chi connectivity index (χ3v) is 3.66. The van der Waals surface area contributed by atoms with Gasteiger partial charge in [0.1, 0.15) is 5.75 Å². The smallest absolute Gasteiger partial charge is 0.336 e. The second kappa shape index (κ2) is 6.64. The summed E-state index contributed by atoms with van der Waals surface area (Å²) in [6, 6.07) is 8.18. The molecule has 0 N–H and O–H groups in total. The van der Waals surface area contributed by atoms with Crippen LogP contribution in [0, 0.1) is 24.0 Å². The standard InChI is InChI=1S/C18H15NO6/c1-11-3-5-15(12(2)7-11)25-18(20)6-4-13-8-16-17(24-10-23-16)9-14(13)19(21)22/h3-9H,10H2,1-2H3/b6-4+. The largest absolute Gasteiger partial charge is 0.454 e. The minimum atomic E-state index is -0.626. The second-order valence-corrected chi connectivity index (χ2v) is 5.54. The summed E-state index contributed by atoms with van der Waals surface area (Å²) >= 11 is 0. The minimum Gasteiger partial charge on any atom is -0.454 e. The van der Waals surface area contributed by atoms with Gasteiger partial charge in [-0.05, 0) is 37.6 Å². The number of aryl methyl sites for hydroxylation is 2. The van der Waals surface area contributed by atoms with Crippen LogP contribution in [0.25, 0.3) is 6.08 Å². The van der Waals surface area contributed by atoms with E-state index in [-0.39, 0.29) is 18.0 Å². The van der Waals surface area contributed by atoms with Gasteiger partial charge < -0.3 is 14.2 Å². The first-order valence-electron chi connectivity index (χ1n) is 7.49. The molecule has 25 heavy (non-hydrogen) atoms. The van der Waals surface area contributed by atoms with Gasteiger partial charge in [0.05, 0.1) is 16.6 Å². The summed E-state index contributed by atoms with van der Waals surface area (Å²) in [7, 11) is 0. The number of benzene rings is 2. The molecule has 0 saturated carbocycles. The summed E-state index contributed by atoms with van der Waals surface area (Å²) in [6.07, 6.45) is 2.47. The van der Waals surface area contributed by atoms with Crippen molar-refractivity contribution in [1.82, 2.24) is 0 Å². The zero-order valence-electron chi connectivity index (χ0n) is 13.6. The summed E-state index contributed by atoms with van der Waals surface area (Å²) < 4.78 is 15.6. The lowest BCUT2D eigenvalue weighted by molar-refractivity contribution is -0.385. The first-order chi connectivity index (χ1) is 11.9. The van der Waals surface area contributed by atoms with Gasteiger partial charge >= 0.3 is 5.97 Å². The molecule has 1 aliphatic rings. The average Bonchev–Trinajstić information content (AvgIpc) is 3.02. The van der Waals surface area contributed by atoms with Crippen LogP contribution in [0.5, 0.6) is 17.2 Å². The van der Waals surface area contributed by atoms with E-state index >= 15 is 0 Å². The van der Waals surface area contributed by atoms with Crippen molar-refractivity contribution in [1.29, 1.82) is 0 Å². The van der Waals surface area contributed by atoms with Gasteiger partial charge in [0, 0.05) is 6.08 Å². The number of nitro groups is 1. The normalized spacial score (nSPS) is 12.4. The van der Waals surface area contributed by atoms with E-state index in [1.165, 1.54) is 18.2 Å². The highest BCUT2D eigenvalue weighted by Crippen LogP contribution is 2.38. The number of carbonyl (C=O) groups is 1. The molecule has 3 rings (SSSR count). The number of hydrogen-bond acceptors (Lipinski definition) is 6. The van der Waals surface area contributed by atoms with Gasteiger partial charge in [0.15, 0.2) is 11.5 Å². The Kier molecular flexibility index (Phi) is 4.38. The van der Waals surface area contributed by atoms with Crippen molar-refractivity contribution >= 4 is 17.7 Å². The molecule has 0 aliphatic carbocycles. The van der Waals surface area contributed by atoms with Crippen LogP contribution in [0.2, 0.25) is 0 Å². The van der Waals surface area contributed by atoms with Crippen LogP contribution in [0.1, 0.15) is 16.7 Å². The van der Waals surface area contributed by atoms with Gasteiger partial charge in [-0.1, -0.05) is 17.7 Å². The van der Waals surface area contributed by atoms with Crippen LogP contribution >= 0.6 is 0 Å². The maximum absolute atomic E-state index is 12.0. The predicted octanol–water partition coefficient (Wildman–Crippen LogP) is 3.56. The molecule has 1 heterocycles. The summed E-state index contributed by atoms with van der Waals surface area (Å²) in [6.45, 7) is 3.79. The van der Waals surface area contributed by atoms with E-state index in [2.05, 4.69) is 0 Å². The highest BCUT2D eigenvalue weighted by Gasteiger charge is 2.22. The van der Waals surface area contributed by atoms with Crippen molar-refractivity contribution in [3.8, 4) is 17.2 Å². The second-order valence-electron chi connectivity index (χ2n) is 5.54. The summed E-state index contributed by atoms with van der Waals surface area (Å²) in [5.41, 5.74) is 1.94. The van der Waals surface area contributed by atoms with Crippen molar-refractivity contribution in [2.45, 2.75) is 13.8 Å². The molecule has 0 aromatic heterocycles. The van der Waals surface area contributed by atoms with Gasteiger partial charge in [-0.2, -0.15) is 0 Å². The van der Waals surface area contributed by atoms with Crippen molar-refractivity contribution < 1.29 is 23.9 Å². The lowest BCUT2D eigenvalue weighted by atomic mass is 10.1. The quantitative estimate of drug-likeness (QED) is 0.278. The maximum atomic E-state index is 12.0. The fourth-order valence-electron chi connectivity index (χ4n) is 2.45. The highest BCUT2D eigenvalue weighted by atomic mass is 16.7. The van der Waals surface area contributed by atoms with E-state index in [0.29, 0.717) is 17.2 Å². The zero-order chi connectivity index (χ0) is 18.0. The molecular formula is C18H15NO6. The molecule has 0 amide bonds. The van der Waals surface area contributed by atoms with Crippen LogP contribution < -0.4 is 14.2 Å². The molecule has 0 atom stereocenters. The Balaban J connectivity index is 1.81. The number of esters is 1. The molecule has 128 valence electrons. The molecule has 1 aliphatic heterocycles. The fourth-order valence-corrected chi connectivity index (χ4v) is 2.45. The van der Waals surface area contributed by atoms with Crippen LogP contribution in [0.3, 0.4) is 0 Å². The maximum Gasteiger partial charge on any atom is 0.336 e. The molecule has 0 fully saturated rings. The van der Waals surface area contributed by atoms with E-state index in [1.807, 2.05) is 26.0 Å². The van der Waals surface area contributed by atoms with E-state index in [4.69, 9.17) is 14.2 Å². The zero-order valence-corrected chi connectivity index (χ0v) is 13.6. The van der Waals surface area contributed by atoms with E-state index in [9.17, 15) is 14.9 Å². The molecule has 2 aromatic carbocycles. The lowest BCUT2D eigenvalue weighted by Crippen LogP contribution is -2.05. The van der Waals surface area contributed by atoms with Crippen molar-refractivity contribution in [2.24, 2.45) is 0 Å². The first-order valence-corrected chi connectivity index (χ1v) is 7.49. The van der Waals surface area contributed by atoms with Crippen LogP contribution in [0.4, 0.5) is 5.69 Å². The molecule has 7 heteroatoms. The number of nitrogens with zero attached hydrogens (tertiary/aromatic N) is 1.